The SMILES string of the molecule is CNc1ncccc1CN1CCCC(O)C1. The first kappa shape index (κ1) is 11.4. The topological polar surface area (TPSA) is 48.4 Å². The molecule has 1 fully saturated rings. The van der Waals surface area contributed by atoms with Crippen molar-refractivity contribution in [3.8, 4) is 0 Å². The molecule has 2 heterocycles. The predicted octanol–water partition coefficient (Wildman–Crippen LogP) is 1.08. The number of aliphatic hydroxyl groups excluding tert-OH is 1. The van der Waals surface area contributed by atoms with Crippen LogP contribution in [0.15, 0.2) is 18.3 Å². The van der Waals surface area contributed by atoms with E-state index >= 15 is 0 Å². The molecule has 88 valence electrons. The molecule has 0 saturated carbocycles. The van der Waals surface area contributed by atoms with E-state index < -0.39 is 0 Å². The molecule has 1 aliphatic heterocycles. The fraction of sp³-hybridized carbons (Fsp3) is 0.583. The second-order valence-corrected chi connectivity index (χ2v) is 4.29. The number of anilines is 1. The number of hydrogen-bond donors (Lipinski definition) is 2. The third kappa shape index (κ3) is 2.71. The second kappa shape index (κ2) is 5.27. The van der Waals surface area contributed by atoms with Crippen molar-refractivity contribution in [2.75, 3.05) is 25.5 Å². The molecule has 2 N–H and O–H groups in total. The highest BCUT2D eigenvalue weighted by molar-refractivity contribution is 5.42. The normalized spacial score (nSPS) is 22.0. The minimum atomic E-state index is -0.163. The van der Waals surface area contributed by atoms with Crippen LogP contribution in [0, 0.1) is 0 Å². The van der Waals surface area contributed by atoms with E-state index in [9.17, 15) is 5.11 Å². The highest BCUT2D eigenvalue weighted by atomic mass is 16.3. The Kier molecular flexibility index (Phi) is 3.74. The van der Waals surface area contributed by atoms with Crippen LogP contribution in [0.1, 0.15) is 18.4 Å². The Hall–Kier alpha value is -1.13. The number of pyridine rings is 1. The van der Waals surface area contributed by atoms with Gasteiger partial charge in [0.1, 0.15) is 5.82 Å². The van der Waals surface area contributed by atoms with Crippen LogP contribution >= 0.6 is 0 Å². The van der Waals surface area contributed by atoms with E-state index in [0.717, 1.165) is 38.3 Å². The zero-order valence-corrected chi connectivity index (χ0v) is 9.69. The van der Waals surface area contributed by atoms with E-state index in [0.29, 0.717) is 0 Å². The number of β-amino-alcohol motifs (C(OH)–C–C–N with tert-alkyl or cyclic N) is 1. The molecule has 1 aromatic heterocycles. The third-order valence-electron chi connectivity index (χ3n) is 3.00. The highest BCUT2D eigenvalue weighted by Crippen LogP contribution is 2.17. The Morgan fingerprint density at radius 3 is 3.25 bits per heavy atom. The van der Waals surface area contributed by atoms with Crippen molar-refractivity contribution in [3.63, 3.8) is 0 Å². The Labute approximate surface area is 96.3 Å². The molecule has 0 aromatic carbocycles. The van der Waals surface area contributed by atoms with Crippen LogP contribution < -0.4 is 5.32 Å². The third-order valence-corrected chi connectivity index (χ3v) is 3.00. The molecule has 2 rings (SSSR count). The number of hydrogen-bond acceptors (Lipinski definition) is 4. The summed E-state index contributed by atoms with van der Waals surface area (Å²) >= 11 is 0. The number of aliphatic hydroxyl groups is 1. The molecular formula is C12H19N3O. The van der Waals surface area contributed by atoms with Crippen molar-refractivity contribution >= 4 is 5.82 Å². The van der Waals surface area contributed by atoms with Crippen molar-refractivity contribution in [3.05, 3.63) is 23.9 Å². The summed E-state index contributed by atoms with van der Waals surface area (Å²) in [6.45, 7) is 2.70. The molecule has 0 radical (unpaired) electrons. The van der Waals surface area contributed by atoms with Gasteiger partial charge in [-0.15, -0.1) is 0 Å². The number of likely N-dealkylation sites (tertiary alicyclic amines) is 1. The molecule has 0 bridgehead atoms. The lowest BCUT2D eigenvalue weighted by atomic mass is 10.1. The van der Waals surface area contributed by atoms with Gasteiger partial charge in [-0.05, 0) is 25.5 Å². The maximum absolute atomic E-state index is 9.61. The second-order valence-electron chi connectivity index (χ2n) is 4.29. The summed E-state index contributed by atoms with van der Waals surface area (Å²) < 4.78 is 0. The average Bonchev–Trinajstić information content (AvgIpc) is 2.30. The molecule has 1 unspecified atom stereocenters. The summed E-state index contributed by atoms with van der Waals surface area (Å²) in [6.07, 6.45) is 3.64. The zero-order valence-electron chi connectivity index (χ0n) is 9.69. The molecule has 1 aliphatic rings. The van der Waals surface area contributed by atoms with Crippen LogP contribution in [-0.2, 0) is 6.54 Å². The monoisotopic (exact) mass is 221 g/mol. The Morgan fingerprint density at radius 1 is 1.62 bits per heavy atom. The summed E-state index contributed by atoms with van der Waals surface area (Å²) in [7, 11) is 1.89. The first-order chi connectivity index (χ1) is 7.79. The van der Waals surface area contributed by atoms with Crippen molar-refractivity contribution in [1.29, 1.82) is 0 Å². The quantitative estimate of drug-likeness (QED) is 0.802. The Bertz CT molecular complexity index is 343. The van der Waals surface area contributed by atoms with Gasteiger partial charge in [0, 0.05) is 31.9 Å². The molecule has 0 amide bonds. The van der Waals surface area contributed by atoms with Crippen LogP contribution in [0.2, 0.25) is 0 Å². The van der Waals surface area contributed by atoms with Gasteiger partial charge in [0.15, 0.2) is 0 Å². The van der Waals surface area contributed by atoms with Crippen LogP contribution in [0.25, 0.3) is 0 Å². The minimum Gasteiger partial charge on any atom is -0.392 e. The van der Waals surface area contributed by atoms with Gasteiger partial charge in [-0.2, -0.15) is 0 Å². The average molecular weight is 221 g/mol. The summed E-state index contributed by atoms with van der Waals surface area (Å²) in [5.41, 5.74) is 1.19. The molecule has 16 heavy (non-hydrogen) atoms. The lowest BCUT2D eigenvalue weighted by molar-refractivity contribution is 0.0669. The predicted molar refractivity (Wildman–Crippen MR) is 64.3 cm³/mol. The number of nitrogens with one attached hydrogen (secondary N) is 1. The Balaban J connectivity index is 2.02. The van der Waals surface area contributed by atoms with Gasteiger partial charge < -0.3 is 10.4 Å². The highest BCUT2D eigenvalue weighted by Gasteiger charge is 2.18. The lowest BCUT2D eigenvalue weighted by Crippen LogP contribution is -2.37. The van der Waals surface area contributed by atoms with Crippen molar-refractivity contribution in [2.45, 2.75) is 25.5 Å². The first-order valence-electron chi connectivity index (χ1n) is 5.81. The maximum Gasteiger partial charge on any atom is 0.130 e. The molecule has 1 aromatic rings. The lowest BCUT2D eigenvalue weighted by Gasteiger charge is -2.30. The first-order valence-corrected chi connectivity index (χ1v) is 5.81. The maximum atomic E-state index is 9.61. The number of aromatic nitrogens is 1. The molecule has 1 atom stereocenters. The van der Waals surface area contributed by atoms with E-state index in [2.05, 4.69) is 21.3 Å². The van der Waals surface area contributed by atoms with Crippen molar-refractivity contribution < 1.29 is 5.11 Å². The molecule has 0 spiro atoms. The van der Waals surface area contributed by atoms with Gasteiger partial charge in [-0.3, -0.25) is 4.90 Å². The standard InChI is InChI=1S/C12H19N3O/c1-13-12-10(4-2-6-14-12)8-15-7-3-5-11(16)9-15/h2,4,6,11,16H,3,5,7-9H2,1H3,(H,13,14). The van der Waals surface area contributed by atoms with E-state index in [1.54, 1.807) is 6.20 Å². The van der Waals surface area contributed by atoms with E-state index in [1.807, 2.05) is 13.1 Å². The Morgan fingerprint density at radius 2 is 2.50 bits per heavy atom. The molecule has 0 aliphatic carbocycles. The molecule has 1 saturated heterocycles. The fourth-order valence-corrected chi connectivity index (χ4v) is 2.21. The van der Waals surface area contributed by atoms with Crippen LogP contribution in [0.4, 0.5) is 5.82 Å². The van der Waals surface area contributed by atoms with Gasteiger partial charge in [-0.1, -0.05) is 6.07 Å². The van der Waals surface area contributed by atoms with Gasteiger partial charge >= 0.3 is 0 Å². The summed E-state index contributed by atoms with van der Waals surface area (Å²) in [4.78, 5) is 6.57. The number of nitrogens with zero attached hydrogens (tertiary/aromatic N) is 2. The van der Waals surface area contributed by atoms with Crippen LogP contribution in [0.3, 0.4) is 0 Å². The largest absolute Gasteiger partial charge is 0.392 e. The molecule has 4 nitrogen and oxygen atoms in total. The van der Waals surface area contributed by atoms with Gasteiger partial charge in [-0.25, -0.2) is 4.98 Å². The van der Waals surface area contributed by atoms with E-state index in [1.165, 1.54) is 5.56 Å². The summed E-state index contributed by atoms with van der Waals surface area (Å²) in [5.74, 6) is 0.933. The van der Waals surface area contributed by atoms with E-state index in [-0.39, 0.29) is 6.10 Å². The van der Waals surface area contributed by atoms with Crippen molar-refractivity contribution in [1.82, 2.24) is 9.88 Å². The summed E-state index contributed by atoms with van der Waals surface area (Å²) in [6, 6.07) is 4.04. The summed E-state index contributed by atoms with van der Waals surface area (Å²) in [5, 5.41) is 12.7. The van der Waals surface area contributed by atoms with E-state index in [4.69, 9.17) is 0 Å². The van der Waals surface area contributed by atoms with Gasteiger partial charge in [0.2, 0.25) is 0 Å². The minimum absolute atomic E-state index is 0.163. The number of piperidine rings is 1. The smallest absolute Gasteiger partial charge is 0.130 e. The molecule has 4 heteroatoms. The van der Waals surface area contributed by atoms with Gasteiger partial charge in [0.25, 0.3) is 0 Å². The zero-order chi connectivity index (χ0) is 11.4. The number of rotatable bonds is 3. The van der Waals surface area contributed by atoms with Crippen LogP contribution in [-0.4, -0.2) is 41.2 Å². The fourth-order valence-electron chi connectivity index (χ4n) is 2.21. The van der Waals surface area contributed by atoms with Crippen LogP contribution in [0.5, 0.6) is 0 Å². The molecular weight excluding hydrogens is 202 g/mol. The van der Waals surface area contributed by atoms with Gasteiger partial charge in [0.05, 0.1) is 6.10 Å². The van der Waals surface area contributed by atoms with Crippen molar-refractivity contribution in [2.24, 2.45) is 0 Å².